The van der Waals surface area contributed by atoms with E-state index in [9.17, 15) is 14.4 Å². The van der Waals surface area contributed by atoms with E-state index in [-0.39, 0.29) is 11.6 Å². The van der Waals surface area contributed by atoms with Gasteiger partial charge in [-0.05, 0) is 32.0 Å². The normalized spacial score (nSPS) is 11.2. The zero-order valence-electron chi connectivity index (χ0n) is 13.4. The standard InChI is InChI=1S/C16H16N4O4/c1-9(2)20-8-17-12-6-10(4-5-13(12)20)19-7-11(15(22)24-3)14(21)18-16(19)23/h4-9H,1-3H3,(H,18,21,23). The molecule has 0 bridgehead atoms. The Labute approximate surface area is 136 Å². The predicted octanol–water partition coefficient (Wildman–Crippen LogP) is 1.24. The van der Waals surface area contributed by atoms with Crippen LogP contribution < -0.4 is 11.2 Å². The van der Waals surface area contributed by atoms with Crippen molar-refractivity contribution in [1.29, 1.82) is 0 Å². The molecule has 0 amide bonds. The van der Waals surface area contributed by atoms with Gasteiger partial charge in [-0.2, -0.15) is 0 Å². The highest BCUT2D eigenvalue weighted by Gasteiger charge is 2.15. The Morgan fingerprint density at radius 1 is 1.29 bits per heavy atom. The predicted molar refractivity (Wildman–Crippen MR) is 87.7 cm³/mol. The van der Waals surface area contributed by atoms with Crippen LogP contribution >= 0.6 is 0 Å². The highest BCUT2D eigenvalue weighted by Crippen LogP contribution is 2.20. The smallest absolute Gasteiger partial charge is 0.345 e. The van der Waals surface area contributed by atoms with Gasteiger partial charge in [-0.25, -0.2) is 14.6 Å². The first kappa shape index (κ1) is 15.7. The largest absolute Gasteiger partial charge is 0.465 e. The number of esters is 1. The molecule has 1 N–H and O–H groups in total. The zero-order chi connectivity index (χ0) is 17.4. The fraction of sp³-hybridized carbons (Fsp3) is 0.250. The SMILES string of the molecule is COC(=O)c1cn(-c2ccc3c(c2)ncn3C(C)C)c(=O)[nH]c1=O. The van der Waals surface area contributed by atoms with Crippen molar-refractivity contribution in [1.82, 2.24) is 19.1 Å². The second-order valence-electron chi connectivity index (χ2n) is 5.58. The lowest BCUT2D eigenvalue weighted by molar-refractivity contribution is 0.0597. The molecule has 0 aliphatic rings. The van der Waals surface area contributed by atoms with Crippen molar-refractivity contribution < 1.29 is 9.53 Å². The van der Waals surface area contributed by atoms with Gasteiger partial charge in [0.1, 0.15) is 5.56 Å². The van der Waals surface area contributed by atoms with Crippen molar-refractivity contribution in [2.24, 2.45) is 0 Å². The van der Waals surface area contributed by atoms with Gasteiger partial charge in [-0.15, -0.1) is 0 Å². The summed E-state index contributed by atoms with van der Waals surface area (Å²) in [7, 11) is 1.17. The van der Waals surface area contributed by atoms with Gasteiger partial charge in [0.25, 0.3) is 5.56 Å². The van der Waals surface area contributed by atoms with Crippen LogP contribution in [0.2, 0.25) is 0 Å². The first-order chi connectivity index (χ1) is 11.4. The van der Waals surface area contributed by atoms with E-state index >= 15 is 0 Å². The Hall–Kier alpha value is -3.16. The number of hydrogen-bond acceptors (Lipinski definition) is 5. The van der Waals surface area contributed by atoms with Crippen LogP contribution in [0.4, 0.5) is 0 Å². The van der Waals surface area contributed by atoms with Crippen LogP contribution in [0.25, 0.3) is 16.7 Å². The number of imidazole rings is 1. The minimum Gasteiger partial charge on any atom is -0.465 e. The molecule has 0 unspecified atom stereocenters. The number of nitrogens with one attached hydrogen (secondary N) is 1. The molecule has 24 heavy (non-hydrogen) atoms. The molecule has 2 aromatic heterocycles. The summed E-state index contributed by atoms with van der Waals surface area (Å²) in [4.78, 5) is 41.9. The minimum absolute atomic E-state index is 0.245. The fourth-order valence-electron chi connectivity index (χ4n) is 2.50. The summed E-state index contributed by atoms with van der Waals surface area (Å²) in [5.41, 5.74) is 0.453. The summed E-state index contributed by atoms with van der Waals surface area (Å²) in [5, 5.41) is 0. The van der Waals surface area contributed by atoms with Gasteiger partial charge >= 0.3 is 11.7 Å². The molecule has 0 atom stereocenters. The molecular formula is C16H16N4O4. The van der Waals surface area contributed by atoms with Gasteiger partial charge in [0.15, 0.2) is 0 Å². The second-order valence-corrected chi connectivity index (χ2v) is 5.58. The molecular weight excluding hydrogens is 312 g/mol. The first-order valence-electron chi connectivity index (χ1n) is 7.33. The van der Waals surface area contributed by atoms with Gasteiger partial charge in [-0.1, -0.05) is 0 Å². The van der Waals surface area contributed by atoms with Crippen LogP contribution in [0.3, 0.4) is 0 Å². The number of carbonyl (C=O) groups is 1. The van der Waals surface area contributed by atoms with E-state index in [0.29, 0.717) is 11.2 Å². The number of fused-ring (bicyclic) bond motifs is 1. The van der Waals surface area contributed by atoms with Gasteiger partial charge in [-0.3, -0.25) is 14.3 Å². The number of nitrogens with zero attached hydrogens (tertiary/aromatic N) is 3. The summed E-state index contributed by atoms with van der Waals surface area (Å²) in [6.07, 6.45) is 2.90. The monoisotopic (exact) mass is 328 g/mol. The summed E-state index contributed by atoms with van der Waals surface area (Å²) >= 11 is 0. The number of hydrogen-bond donors (Lipinski definition) is 1. The van der Waals surface area contributed by atoms with Gasteiger partial charge in [0.2, 0.25) is 0 Å². The highest BCUT2D eigenvalue weighted by molar-refractivity contribution is 5.88. The summed E-state index contributed by atoms with van der Waals surface area (Å²) < 4.78 is 7.75. The number of benzene rings is 1. The third-order valence-corrected chi connectivity index (χ3v) is 3.74. The molecule has 0 fully saturated rings. The van der Waals surface area contributed by atoms with Crippen LogP contribution in [0.5, 0.6) is 0 Å². The number of rotatable bonds is 3. The molecule has 0 saturated heterocycles. The molecule has 2 heterocycles. The number of aromatic nitrogens is 4. The molecule has 3 rings (SSSR count). The summed E-state index contributed by atoms with van der Waals surface area (Å²) in [5.74, 6) is -0.810. The van der Waals surface area contributed by atoms with Crippen LogP contribution in [-0.4, -0.2) is 32.2 Å². The maximum Gasteiger partial charge on any atom is 0.345 e. The Morgan fingerprint density at radius 2 is 2.04 bits per heavy atom. The number of carbonyl (C=O) groups excluding carboxylic acids is 1. The second kappa shape index (κ2) is 5.80. The Morgan fingerprint density at radius 3 is 2.71 bits per heavy atom. The van der Waals surface area contributed by atoms with Gasteiger partial charge in [0.05, 0.1) is 30.2 Å². The van der Waals surface area contributed by atoms with E-state index < -0.39 is 17.2 Å². The minimum atomic E-state index is -0.810. The number of methoxy groups -OCH3 is 1. The molecule has 0 aliphatic carbocycles. The Bertz CT molecular complexity index is 1040. The third-order valence-electron chi connectivity index (χ3n) is 3.74. The highest BCUT2D eigenvalue weighted by atomic mass is 16.5. The van der Waals surface area contributed by atoms with Crippen molar-refractivity contribution in [3.05, 3.63) is 57.1 Å². The van der Waals surface area contributed by atoms with Crippen molar-refractivity contribution in [2.75, 3.05) is 7.11 Å². The Balaban J connectivity index is 2.19. The number of H-pyrrole nitrogens is 1. The van der Waals surface area contributed by atoms with Crippen LogP contribution in [-0.2, 0) is 4.74 Å². The van der Waals surface area contributed by atoms with E-state index in [0.717, 1.165) is 5.52 Å². The number of aromatic amines is 1. The molecule has 1 aromatic carbocycles. The van der Waals surface area contributed by atoms with E-state index in [1.165, 1.54) is 17.9 Å². The Kier molecular flexibility index (Phi) is 3.80. The van der Waals surface area contributed by atoms with E-state index in [1.54, 1.807) is 18.5 Å². The molecule has 3 aromatic rings. The first-order valence-corrected chi connectivity index (χ1v) is 7.33. The topological polar surface area (TPSA) is 99.0 Å². The maximum atomic E-state index is 12.1. The van der Waals surface area contributed by atoms with Crippen LogP contribution in [0.1, 0.15) is 30.2 Å². The molecule has 124 valence electrons. The maximum absolute atomic E-state index is 12.1. The third kappa shape index (κ3) is 2.51. The molecule has 0 aliphatic heterocycles. The summed E-state index contributed by atoms with van der Waals surface area (Å²) in [6.45, 7) is 4.09. The fourth-order valence-corrected chi connectivity index (χ4v) is 2.50. The van der Waals surface area contributed by atoms with E-state index in [2.05, 4.69) is 14.7 Å². The zero-order valence-corrected chi connectivity index (χ0v) is 13.4. The van der Waals surface area contributed by atoms with Crippen molar-refractivity contribution in [3.8, 4) is 5.69 Å². The van der Waals surface area contributed by atoms with Crippen molar-refractivity contribution >= 4 is 17.0 Å². The lowest BCUT2D eigenvalue weighted by Gasteiger charge is -2.09. The average molecular weight is 328 g/mol. The lowest BCUT2D eigenvalue weighted by Crippen LogP contribution is -2.32. The average Bonchev–Trinajstić information content (AvgIpc) is 2.97. The number of ether oxygens (including phenoxy) is 1. The van der Waals surface area contributed by atoms with Gasteiger partial charge in [0, 0.05) is 12.2 Å². The van der Waals surface area contributed by atoms with Crippen LogP contribution in [0.15, 0.2) is 40.3 Å². The molecule has 8 nitrogen and oxygen atoms in total. The van der Waals surface area contributed by atoms with E-state index in [4.69, 9.17) is 0 Å². The summed E-state index contributed by atoms with van der Waals surface area (Å²) in [6, 6.07) is 5.54. The van der Waals surface area contributed by atoms with Crippen molar-refractivity contribution in [2.45, 2.75) is 19.9 Å². The molecule has 0 spiro atoms. The van der Waals surface area contributed by atoms with Crippen LogP contribution in [0, 0.1) is 0 Å². The molecule has 8 heteroatoms. The van der Waals surface area contributed by atoms with E-state index in [1.807, 2.05) is 24.5 Å². The molecule has 0 saturated carbocycles. The lowest BCUT2D eigenvalue weighted by atomic mass is 10.2. The molecule has 0 radical (unpaired) electrons. The van der Waals surface area contributed by atoms with Gasteiger partial charge < -0.3 is 9.30 Å². The van der Waals surface area contributed by atoms with Crippen molar-refractivity contribution in [3.63, 3.8) is 0 Å². The quantitative estimate of drug-likeness (QED) is 0.729.